The van der Waals surface area contributed by atoms with Crippen LogP contribution in [0.2, 0.25) is 0 Å². The van der Waals surface area contributed by atoms with E-state index in [0.29, 0.717) is 24.9 Å². The molecule has 1 aromatic rings. The maximum absolute atomic E-state index is 11.8. The van der Waals surface area contributed by atoms with Gasteiger partial charge in [0.05, 0.1) is 11.3 Å². The summed E-state index contributed by atoms with van der Waals surface area (Å²) in [4.78, 5) is 35.8. The van der Waals surface area contributed by atoms with E-state index >= 15 is 0 Å². The molecule has 1 amide bonds. The summed E-state index contributed by atoms with van der Waals surface area (Å²) < 4.78 is 5.17. The first-order valence-corrected chi connectivity index (χ1v) is 9.38. The Hall–Kier alpha value is -1.82. The van der Waals surface area contributed by atoms with E-state index in [1.54, 1.807) is 32.5 Å². The van der Waals surface area contributed by atoms with Crippen LogP contribution < -0.4 is 5.32 Å². The Labute approximate surface area is 152 Å². The number of aldehydes is 1. The van der Waals surface area contributed by atoms with E-state index in [1.807, 2.05) is 24.3 Å². The van der Waals surface area contributed by atoms with Crippen LogP contribution >= 0.6 is 11.8 Å². The van der Waals surface area contributed by atoms with Gasteiger partial charge in [-0.3, -0.25) is 4.79 Å². The molecule has 0 radical (unpaired) electrons. The molecular formula is C19H25NO4S. The first-order valence-electron chi connectivity index (χ1n) is 8.50. The van der Waals surface area contributed by atoms with Crippen molar-refractivity contribution in [2.24, 2.45) is 0 Å². The first kappa shape index (κ1) is 19.5. The van der Waals surface area contributed by atoms with Gasteiger partial charge >= 0.3 is 6.09 Å². The van der Waals surface area contributed by atoms with Gasteiger partial charge in [0.1, 0.15) is 17.7 Å². The standard InChI is InChI=1S/C19H25NO4S/c1-19(2,3)24-18(23)20-14(12-21)11-13-7-9-15(10-8-13)25-17-6-4-5-16(17)22/h7-10,12,14,17H,4-6,11H2,1-3H3,(H,20,23). The van der Waals surface area contributed by atoms with Crippen LogP contribution in [-0.2, 0) is 20.7 Å². The van der Waals surface area contributed by atoms with E-state index in [1.165, 1.54) is 0 Å². The summed E-state index contributed by atoms with van der Waals surface area (Å²) in [5.74, 6) is 0.330. The third kappa shape index (κ3) is 6.53. The number of rotatable bonds is 6. The summed E-state index contributed by atoms with van der Waals surface area (Å²) in [6.45, 7) is 5.32. The zero-order valence-electron chi connectivity index (χ0n) is 14.9. The lowest BCUT2D eigenvalue weighted by molar-refractivity contribution is -0.117. The zero-order valence-corrected chi connectivity index (χ0v) is 15.7. The number of nitrogens with one attached hydrogen (secondary N) is 1. The highest BCUT2D eigenvalue weighted by Gasteiger charge is 2.25. The number of hydrogen-bond donors (Lipinski definition) is 1. The molecule has 2 unspecified atom stereocenters. The first-order chi connectivity index (χ1) is 11.8. The highest BCUT2D eigenvalue weighted by molar-refractivity contribution is 8.00. The monoisotopic (exact) mass is 363 g/mol. The molecule has 1 N–H and O–H groups in total. The molecular weight excluding hydrogens is 338 g/mol. The van der Waals surface area contributed by atoms with E-state index in [-0.39, 0.29) is 5.25 Å². The largest absolute Gasteiger partial charge is 0.444 e. The molecule has 25 heavy (non-hydrogen) atoms. The van der Waals surface area contributed by atoms with Crippen molar-refractivity contribution in [3.05, 3.63) is 29.8 Å². The van der Waals surface area contributed by atoms with Crippen molar-refractivity contribution >= 4 is 29.9 Å². The molecule has 0 bridgehead atoms. The average molecular weight is 363 g/mol. The minimum atomic E-state index is -0.634. The van der Waals surface area contributed by atoms with Crippen LogP contribution in [0.15, 0.2) is 29.2 Å². The molecule has 1 fully saturated rings. The fraction of sp³-hybridized carbons (Fsp3) is 0.526. The highest BCUT2D eigenvalue weighted by atomic mass is 32.2. The number of ether oxygens (including phenoxy) is 1. The highest BCUT2D eigenvalue weighted by Crippen LogP contribution is 2.32. The number of Topliss-reactive ketones (excluding diaryl/α,β-unsaturated/α-hetero) is 1. The Morgan fingerprint density at radius 3 is 2.56 bits per heavy atom. The Bertz CT molecular complexity index is 621. The molecule has 0 heterocycles. The molecule has 1 aliphatic carbocycles. The van der Waals surface area contributed by atoms with Gasteiger partial charge in [0.25, 0.3) is 0 Å². The number of carbonyl (C=O) groups excluding carboxylic acids is 3. The smallest absolute Gasteiger partial charge is 0.408 e. The number of benzene rings is 1. The predicted octanol–water partition coefficient (Wildman–Crippen LogP) is 3.54. The SMILES string of the molecule is CC(C)(C)OC(=O)NC(C=O)Cc1ccc(SC2CCCC2=O)cc1. The number of hydrogen-bond acceptors (Lipinski definition) is 5. The number of amides is 1. The summed E-state index contributed by atoms with van der Waals surface area (Å²) >= 11 is 1.60. The van der Waals surface area contributed by atoms with Gasteiger partial charge < -0.3 is 14.8 Å². The Morgan fingerprint density at radius 1 is 1.36 bits per heavy atom. The van der Waals surface area contributed by atoms with Gasteiger partial charge in [-0.15, -0.1) is 11.8 Å². The zero-order chi connectivity index (χ0) is 18.4. The van der Waals surface area contributed by atoms with Gasteiger partial charge in [0.15, 0.2) is 0 Å². The molecule has 1 aromatic carbocycles. The van der Waals surface area contributed by atoms with Crippen LogP contribution in [0.25, 0.3) is 0 Å². The van der Waals surface area contributed by atoms with Crippen LogP contribution in [0.3, 0.4) is 0 Å². The van der Waals surface area contributed by atoms with E-state index in [4.69, 9.17) is 4.74 Å². The molecule has 0 aromatic heterocycles. The van der Waals surface area contributed by atoms with Crippen molar-refractivity contribution < 1.29 is 19.1 Å². The van der Waals surface area contributed by atoms with Crippen molar-refractivity contribution in [1.29, 1.82) is 0 Å². The lowest BCUT2D eigenvalue weighted by Crippen LogP contribution is -2.41. The quantitative estimate of drug-likeness (QED) is 0.783. The molecule has 6 heteroatoms. The van der Waals surface area contributed by atoms with Crippen molar-refractivity contribution in [3.8, 4) is 0 Å². The fourth-order valence-corrected chi connectivity index (χ4v) is 3.78. The van der Waals surface area contributed by atoms with Gasteiger partial charge in [-0.25, -0.2) is 4.79 Å². The Balaban J connectivity index is 1.89. The summed E-state index contributed by atoms with van der Waals surface area (Å²) in [6, 6.07) is 7.14. The van der Waals surface area contributed by atoms with Crippen LogP contribution in [0.4, 0.5) is 4.79 Å². The molecule has 0 saturated heterocycles. The summed E-state index contributed by atoms with van der Waals surface area (Å²) in [5, 5.41) is 2.64. The molecule has 0 aliphatic heterocycles. The molecule has 1 saturated carbocycles. The summed E-state index contributed by atoms with van der Waals surface area (Å²) in [6.07, 6.45) is 3.12. The van der Waals surface area contributed by atoms with Crippen molar-refractivity contribution in [2.75, 3.05) is 0 Å². The van der Waals surface area contributed by atoms with Crippen molar-refractivity contribution in [1.82, 2.24) is 5.32 Å². The number of ketones is 1. The van der Waals surface area contributed by atoms with Crippen LogP contribution in [0.1, 0.15) is 45.6 Å². The second-order valence-corrected chi connectivity index (χ2v) is 8.48. The van der Waals surface area contributed by atoms with E-state index in [9.17, 15) is 14.4 Å². The number of thioether (sulfide) groups is 1. The van der Waals surface area contributed by atoms with Gasteiger partial charge in [-0.1, -0.05) is 12.1 Å². The normalized spacial score (nSPS) is 18.7. The summed E-state index contributed by atoms with van der Waals surface area (Å²) in [7, 11) is 0. The number of carbonyl (C=O) groups is 3. The van der Waals surface area contributed by atoms with Crippen molar-refractivity contribution in [3.63, 3.8) is 0 Å². The third-order valence-electron chi connectivity index (χ3n) is 3.77. The maximum atomic E-state index is 11.8. The molecule has 0 spiro atoms. The average Bonchev–Trinajstić information content (AvgIpc) is 2.91. The molecule has 5 nitrogen and oxygen atoms in total. The van der Waals surface area contributed by atoms with E-state index < -0.39 is 17.7 Å². The van der Waals surface area contributed by atoms with Crippen LogP contribution in [0.5, 0.6) is 0 Å². The van der Waals surface area contributed by atoms with Gasteiger partial charge in [0.2, 0.25) is 0 Å². The lowest BCUT2D eigenvalue weighted by atomic mass is 10.1. The fourth-order valence-electron chi connectivity index (χ4n) is 2.62. The molecule has 2 atom stereocenters. The third-order valence-corrected chi connectivity index (χ3v) is 5.10. The van der Waals surface area contributed by atoms with E-state index in [0.717, 1.165) is 23.3 Å². The Kier molecular flexibility index (Phi) is 6.64. The lowest BCUT2D eigenvalue weighted by Gasteiger charge is -2.21. The molecule has 136 valence electrons. The minimum Gasteiger partial charge on any atom is -0.444 e. The predicted molar refractivity (Wildman–Crippen MR) is 97.9 cm³/mol. The summed E-state index contributed by atoms with van der Waals surface area (Å²) in [5.41, 5.74) is 0.337. The van der Waals surface area contributed by atoms with Gasteiger partial charge in [-0.05, 0) is 57.7 Å². The van der Waals surface area contributed by atoms with E-state index in [2.05, 4.69) is 5.32 Å². The second kappa shape index (κ2) is 8.52. The molecule has 1 aliphatic rings. The van der Waals surface area contributed by atoms with Gasteiger partial charge in [0, 0.05) is 11.3 Å². The number of alkyl carbamates (subject to hydrolysis) is 1. The topological polar surface area (TPSA) is 72.5 Å². The van der Waals surface area contributed by atoms with Gasteiger partial charge in [-0.2, -0.15) is 0 Å². The van der Waals surface area contributed by atoms with Crippen molar-refractivity contribution in [2.45, 2.75) is 68.2 Å². The maximum Gasteiger partial charge on any atom is 0.408 e. The Morgan fingerprint density at radius 2 is 2.04 bits per heavy atom. The van der Waals surface area contributed by atoms with Crippen LogP contribution in [-0.4, -0.2) is 35.1 Å². The molecule has 2 rings (SSSR count). The second-order valence-electron chi connectivity index (χ2n) is 7.20. The minimum absolute atomic E-state index is 0.0717. The van der Waals surface area contributed by atoms with Crippen LogP contribution in [0, 0.1) is 0 Å².